The molecule has 0 fully saturated rings. The van der Waals surface area contributed by atoms with Crippen molar-refractivity contribution in [3.63, 3.8) is 0 Å². The summed E-state index contributed by atoms with van der Waals surface area (Å²) in [6, 6.07) is 0. The second-order valence-corrected chi connectivity index (χ2v) is 2.28. The van der Waals surface area contributed by atoms with Crippen molar-refractivity contribution in [3.8, 4) is 0 Å². The van der Waals surface area contributed by atoms with E-state index in [-0.39, 0.29) is 0 Å². The van der Waals surface area contributed by atoms with E-state index in [1.165, 1.54) is 0 Å². The summed E-state index contributed by atoms with van der Waals surface area (Å²) in [4.78, 5) is 3.83. The number of hydrogen-bond donors (Lipinski definition) is 1. The van der Waals surface area contributed by atoms with Crippen molar-refractivity contribution in [1.29, 1.82) is 0 Å². The number of hydrogen-bond acceptors (Lipinski definition) is 2. The van der Waals surface area contributed by atoms with Crippen molar-refractivity contribution >= 4 is 0 Å². The lowest BCUT2D eigenvalue weighted by Crippen LogP contribution is -2.04. The standard InChI is InChI=1S/C7H12N2O/c1-2-3-7(10)9-5-4-8-6-9/h4-7,10H,2-3H2,1H3. The van der Waals surface area contributed by atoms with E-state index in [9.17, 15) is 5.11 Å². The van der Waals surface area contributed by atoms with Crippen LogP contribution in [0.3, 0.4) is 0 Å². The van der Waals surface area contributed by atoms with Crippen molar-refractivity contribution in [1.82, 2.24) is 9.55 Å². The molecule has 1 aromatic heterocycles. The second-order valence-electron chi connectivity index (χ2n) is 2.28. The molecule has 0 aliphatic rings. The maximum Gasteiger partial charge on any atom is 0.131 e. The van der Waals surface area contributed by atoms with Crippen molar-refractivity contribution in [2.75, 3.05) is 0 Å². The molecule has 0 saturated carbocycles. The highest BCUT2D eigenvalue weighted by molar-refractivity contribution is 4.75. The Morgan fingerprint density at radius 2 is 2.50 bits per heavy atom. The molecule has 0 aliphatic heterocycles. The number of nitrogens with zero attached hydrogens (tertiary/aromatic N) is 2. The van der Waals surface area contributed by atoms with Crippen LogP contribution in [0, 0.1) is 0 Å². The van der Waals surface area contributed by atoms with Crippen LogP contribution in [0.15, 0.2) is 18.7 Å². The minimum Gasteiger partial charge on any atom is -0.373 e. The van der Waals surface area contributed by atoms with Crippen LogP contribution in [0.25, 0.3) is 0 Å². The Bertz CT molecular complexity index is 172. The average Bonchev–Trinajstić information content (AvgIpc) is 2.38. The molecule has 1 rings (SSSR count). The second kappa shape index (κ2) is 3.37. The van der Waals surface area contributed by atoms with E-state index >= 15 is 0 Å². The smallest absolute Gasteiger partial charge is 0.131 e. The molecule has 0 saturated heterocycles. The molecule has 0 aliphatic carbocycles. The van der Waals surface area contributed by atoms with E-state index in [1.54, 1.807) is 23.3 Å². The number of rotatable bonds is 3. The van der Waals surface area contributed by atoms with Crippen LogP contribution < -0.4 is 0 Å². The van der Waals surface area contributed by atoms with Crippen LogP contribution in [-0.2, 0) is 0 Å². The van der Waals surface area contributed by atoms with E-state index in [2.05, 4.69) is 4.98 Å². The molecule has 3 nitrogen and oxygen atoms in total. The van der Waals surface area contributed by atoms with E-state index in [4.69, 9.17) is 0 Å². The quantitative estimate of drug-likeness (QED) is 0.684. The maximum absolute atomic E-state index is 9.33. The minimum absolute atomic E-state index is 0.396. The van der Waals surface area contributed by atoms with Gasteiger partial charge in [0.05, 0.1) is 6.33 Å². The molecule has 1 unspecified atom stereocenters. The van der Waals surface area contributed by atoms with Crippen LogP contribution in [0.5, 0.6) is 0 Å². The van der Waals surface area contributed by atoms with Crippen LogP contribution in [-0.4, -0.2) is 14.7 Å². The lowest BCUT2D eigenvalue weighted by Gasteiger charge is -2.08. The lowest BCUT2D eigenvalue weighted by molar-refractivity contribution is 0.0936. The molecule has 0 spiro atoms. The Hall–Kier alpha value is -0.830. The number of aliphatic hydroxyl groups is 1. The molecule has 56 valence electrons. The van der Waals surface area contributed by atoms with Gasteiger partial charge in [-0.25, -0.2) is 4.98 Å². The highest BCUT2D eigenvalue weighted by Gasteiger charge is 2.01. The summed E-state index contributed by atoms with van der Waals surface area (Å²) in [5.41, 5.74) is 0. The third kappa shape index (κ3) is 1.57. The molecule has 1 N–H and O–H groups in total. The first-order valence-corrected chi connectivity index (χ1v) is 3.50. The maximum atomic E-state index is 9.33. The van der Waals surface area contributed by atoms with Gasteiger partial charge in [0.25, 0.3) is 0 Å². The molecular formula is C7H12N2O. The van der Waals surface area contributed by atoms with Gasteiger partial charge >= 0.3 is 0 Å². The van der Waals surface area contributed by atoms with Gasteiger partial charge in [-0.15, -0.1) is 0 Å². The van der Waals surface area contributed by atoms with E-state index in [1.807, 2.05) is 6.92 Å². The highest BCUT2D eigenvalue weighted by Crippen LogP contribution is 2.07. The molecule has 1 aromatic rings. The molecule has 0 bridgehead atoms. The molecule has 0 amide bonds. The van der Waals surface area contributed by atoms with Crippen LogP contribution in [0.2, 0.25) is 0 Å². The third-order valence-electron chi connectivity index (χ3n) is 1.42. The summed E-state index contributed by atoms with van der Waals surface area (Å²) in [6.45, 7) is 2.04. The Kier molecular flexibility index (Phi) is 2.45. The normalized spacial score (nSPS) is 13.4. The van der Waals surface area contributed by atoms with Gasteiger partial charge in [0.1, 0.15) is 6.23 Å². The molecular weight excluding hydrogens is 128 g/mol. The summed E-state index contributed by atoms with van der Waals surface area (Å²) < 4.78 is 1.70. The van der Waals surface area contributed by atoms with Gasteiger partial charge in [0.2, 0.25) is 0 Å². The van der Waals surface area contributed by atoms with E-state index < -0.39 is 6.23 Å². The topological polar surface area (TPSA) is 38.0 Å². The number of imidazole rings is 1. The van der Waals surface area contributed by atoms with E-state index in [0.717, 1.165) is 12.8 Å². The van der Waals surface area contributed by atoms with Crippen molar-refractivity contribution < 1.29 is 5.11 Å². The number of aliphatic hydroxyl groups excluding tert-OH is 1. The van der Waals surface area contributed by atoms with Gasteiger partial charge in [-0.1, -0.05) is 13.3 Å². The summed E-state index contributed by atoms with van der Waals surface area (Å²) in [5.74, 6) is 0. The van der Waals surface area contributed by atoms with Crippen molar-refractivity contribution in [2.24, 2.45) is 0 Å². The molecule has 1 heterocycles. The van der Waals surface area contributed by atoms with Gasteiger partial charge < -0.3 is 9.67 Å². The fourth-order valence-electron chi connectivity index (χ4n) is 0.853. The zero-order chi connectivity index (χ0) is 7.40. The Labute approximate surface area is 60.3 Å². The Balaban J connectivity index is 2.50. The summed E-state index contributed by atoms with van der Waals surface area (Å²) in [6.07, 6.45) is 6.43. The Morgan fingerprint density at radius 3 is 3.00 bits per heavy atom. The Morgan fingerprint density at radius 1 is 1.70 bits per heavy atom. The van der Waals surface area contributed by atoms with Gasteiger partial charge in [-0.05, 0) is 6.42 Å². The van der Waals surface area contributed by atoms with E-state index in [0.29, 0.717) is 0 Å². The number of aromatic nitrogens is 2. The summed E-state index contributed by atoms with van der Waals surface area (Å²) >= 11 is 0. The van der Waals surface area contributed by atoms with Gasteiger partial charge in [0, 0.05) is 12.4 Å². The summed E-state index contributed by atoms with van der Waals surface area (Å²) in [5, 5.41) is 9.33. The molecule has 1 atom stereocenters. The third-order valence-corrected chi connectivity index (χ3v) is 1.42. The van der Waals surface area contributed by atoms with Gasteiger partial charge in [-0.2, -0.15) is 0 Å². The van der Waals surface area contributed by atoms with Gasteiger partial charge in [-0.3, -0.25) is 0 Å². The molecule has 10 heavy (non-hydrogen) atoms. The van der Waals surface area contributed by atoms with Crippen LogP contribution in [0.1, 0.15) is 26.0 Å². The first kappa shape index (κ1) is 7.28. The predicted molar refractivity (Wildman–Crippen MR) is 38.4 cm³/mol. The predicted octanol–water partition coefficient (Wildman–Crippen LogP) is 1.17. The zero-order valence-corrected chi connectivity index (χ0v) is 6.07. The molecule has 0 radical (unpaired) electrons. The fourth-order valence-corrected chi connectivity index (χ4v) is 0.853. The first-order chi connectivity index (χ1) is 4.84. The monoisotopic (exact) mass is 140 g/mol. The van der Waals surface area contributed by atoms with Gasteiger partial charge in [0.15, 0.2) is 0 Å². The van der Waals surface area contributed by atoms with Crippen molar-refractivity contribution in [3.05, 3.63) is 18.7 Å². The minimum atomic E-state index is -0.396. The van der Waals surface area contributed by atoms with Crippen LogP contribution >= 0.6 is 0 Å². The fraction of sp³-hybridized carbons (Fsp3) is 0.571. The average molecular weight is 140 g/mol. The lowest BCUT2D eigenvalue weighted by atomic mass is 10.3. The highest BCUT2D eigenvalue weighted by atomic mass is 16.3. The molecule has 0 aromatic carbocycles. The zero-order valence-electron chi connectivity index (χ0n) is 6.07. The SMILES string of the molecule is CCCC(O)n1ccnc1. The van der Waals surface area contributed by atoms with Crippen LogP contribution in [0.4, 0.5) is 0 Å². The van der Waals surface area contributed by atoms with Crippen molar-refractivity contribution in [2.45, 2.75) is 26.0 Å². The first-order valence-electron chi connectivity index (χ1n) is 3.50. The largest absolute Gasteiger partial charge is 0.373 e. The summed E-state index contributed by atoms with van der Waals surface area (Å²) in [7, 11) is 0. The molecule has 3 heteroatoms.